The number of nitro benzene ring substituents is 1. The first kappa shape index (κ1) is 29.8. The number of aryl methyl sites for hydroxylation is 1. The fourth-order valence-electron chi connectivity index (χ4n) is 8.34. The number of benzene rings is 3. The monoisotopic (exact) mass is 581 g/mol. The minimum atomic E-state index is -0.241. The van der Waals surface area contributed by atoms with Crippen LogP contribution in [0.25, 0.3) is 11.1 Å². The molecule has 2 fully saturated rings. The van der Waals surface area contributed by atoms with E-state index in [9.17, 15) is 10.1 Å². The molecule has 1 N–H and O–H groups in total. The summed E-state index contributed by atoms with van der Waals surface area (Å²) in [5.74, 6) is 1.08. The Balaban J connectivity index is 1.18. The zero-order valence-corrected chi connectivity index (χ0v) is 26.3. The summed E-state index contributed by atoms with van der Waals surface area (Å²) in [6.45, 7) is 14.5. The summed E-state index contributed by atoms with van der Waals surface area (Å²) in [6.07, 6.45) is 5.82. The molecule has 3 atom stereocenters. The summed E-state index contributed by atoms with van der Waals surface area (Å²) in [5.41, 5.74) is 8.57. The summed E-state index contributed by atoms with van der Waals surface area (Å²) in [5, 5.41) is 15.8. The van der Waals surface area contributed by atoms with Gasteiger partial charge in [-0.2, -0.15) is 0 Å². The van der Waals surface area contributed by atoms with Crippen molar-refractivity contribution in [3.05, 3.63) is 93.0 Å². The Labute approximate surface area is 257 Å². The summed E-state index contributed by atoms with van der Waals surface area (Å²) in [4.78, 5) is 14.4. The molecular weight excluding hydrogens is 534 g/mol. The van der Waals surface area contributed by atoms with Crippen LogP contribution in [-0.4, -0.2) is 42.7 Å². The molecule has 1 saturated heterocycles. The summed E-state index contributed by atoms with van der Waals surface area (Å²) >= 11 is 0. The van der Waals surface area contributed by atoms with E-state index in [0.717, 1.165) is 63.4 Å². The van der Waals surface area contributed by atoms with E-state index >= 15 is 0 Å². The largest absolute Gasteiger partial charge is 0.379 e. The molecule has 0 bridgehead atoms. The molecule has 43 heavy (non-hydrogen) atoms. The Morgan fingerprint density at radius 1 is 1.00 bits per heavy atom. The quantitative estimate of drug-likeness (QED) is 0.214. The second-order valence-corrected chi connectivity index (χ2v) is 14.0. The van der Waals surface area contributed by atoms with E-state index in [4.69, 9.17) is 4.74 Å². The highest BCUT2D eigenvalue weighted by Gasteiger charge is 2.51. The lowest BCUT2D eigenvalue weighted by molar-refractivity contribution is -0.383. The predicted molar refractivity (Wildman–Crippen MR) is 175 cm³/mol. The fourth-order valence-corrected chi connectivity index (χ4v) is 8.34. The van der Waals surface area contributed by atoms with Crippen molar-refractivity contribution in [2.45, 2.75) is 77.7 Å². The smallest absolute Gasteiger partial charge is 0.292 e. The highest BCUT2D eigenvalue weighted by Crippen LogP contribution is 2.57. The number of hydrogen-bond donors (Lipinski definition) is 1. The number of rotatable bonds is 8. The zero-order valence-electron chi connectivity index (χ0n) is 26.3. The van der Waals surface area contributed by atoms with Crippen molar-refractivity contribution in [2.24, 2.45) is 11.3 Å². The number of anilines is 1. The van der Waals surface area contributed by atoms with Gasteiger partial charge in [0.05, 0.1) is 18.1 Å². The number of hydrogen-bond acceptors (Lipinski definition) is 5. The molecule has 6 rings (SSSR count). The van der Waals surface area contributed by atoms with E-state index in [1.54, 1.807) is 6.07 Å². The number of morpholine rings is 1. The van der Waals surface area contributed by atoms with Gasteiger partial charge >= 0.3 is 0 Å². The van der Waals surface area contributed by atoms with Crippen molar-refractivity contribution in [3.8, 4) is 11.1 Å². The molecule has 228 valence electrons. The fraction of sp³-hybridized carbons (Fsp3) is 0.514. The molecule has 0 radical (unpaired) electrons. The van der Waals surface area contributed by atoms with Gasteiger partial charge in [0, 0.05) is 32.2 Å². The van der Waals surface area contributed by atoms with Crippen molar-refractivity contribution in [1.82, 2.24) is 4.90 Å². The van der Waals surface area contributed by atoms with E-state index in [0.29, 0.717) is 17.5 Å². The number of ether oxygens (including phenoxy) is 1. The Morgan fingerprint density at radius 2 is 1.74 bits per heavy atom. The van der Waals surface area contributed by atoms with Crippen molar-refractivity contribution in [2.75, 3.05) is 38.2 Å². The summed E-state index contributed by atoms with van der Waals surface area (Å²) in [7, 11) is 0. The maximum atomic E-state index is 12.3. The molecule has 3 aromatic carbocycles. The van der Waals surface area contributed by atoms with Gasteiger partial charge in [-0.05, 0) is 87.8 Å². The Morgan fingerprint density at radius 3 is 2.47 bits per heavy atom. The Hall–Kier alpha value is -3.22. The number of nitrogens with zero attached hydrogens (tertiary/aromatic N) is 2. The van der Waals surface area contributed by atoms with Crippen LogP contribution in [0.15, 0.2) is 60.7 Å². The van der Waals surface area contributed by atoms with Crippen LogP contribution in [0.5, 0.6) is 0 Å². The highest BCUT2D eigenvalue weighted by molar-refractivity contribution is 5.73. The van der Waals surface area contributed by atoms with Crippen LogP contribution < -0.4 is 5.32 Å². The minimum absolute atomic E-state index is 0.0598. The molecule has 1 heterocycles. The van der Waals surface area contributed by atoms with Crippen molar-refractivity contribution in [3.63, 3.8) is 0 Å². The van der Waals surface area contributed by atoms with Crippen LogP contribution in [0.4, 0.5) is 11.4 Å². The third-order valence-corrected chi connectivity index (χ3v) is 10.8. The molecule has 3 aromatic rings. The molecule has 1 saturated carbocycles. The van der Waals surface area contributed by atoms with Gasteiger partial charge in [-0.1, -0.05) is 82.6 Å². The zero-order chi connectivity index (χ0) is 30.2. The van der Waals surface area contributed by atoms with E-state index in [2.05, 4.69) is 80.4 Å². The highest BCUT2D eigenvalue weighted by atomic mass is 16.6. The van der Waals surface area contributed by atoms with Gasteiger partial charge in [0.15, 0.2) is 0 Å². The molecule has 0 spiro atoms. The molecule has 0 aromatic heterocycles. The first-order valence-corrected chi connectivity index (χ1v) is 16.2. The number of nitro groups is 1. The van der Waals surface area contributed by atoms with Gasteiger partial charge in [0.1, 0.15) is 5.69 Å². The van der Waals surface area contributed by atoms with Crippen LogP contribution in [0.2, 0.25) is 0 Å². The lowest BCUT2D eigenvalue weighted by atomic mass is 9.49. The second-order valence-electron chi connectivity index (χ2n) is 14.0. The average molecular weight is 582 g/mol. The first-order valence-electron chi connectivity index (χ1n) is 16.2. The van der Waals surface area contributed by atoms with Gasteiger partial charge < -0.3 is 10.1 Å². The second kappa shape index (κ2) is 12.0. The van der Waals surface area contributed by atoms with E-state index in [1.807, 2.05) is 12.1 Å². The normalized spacial score (nSPS) is 25.7. The summed E-state index contributed by atoms with van der Waals surface area (Å²) in [6, 6.07) is 21.3. The molecule has 0 unspecified atom stereocenters. The predicted octanol–water partition coefficient (Wildman–Crippen LogP) is 8.34. The first-order chi connectivity index (χ1) is 20.7. The Kier molecular flexibility index (Phi) is 8.36. The average Bonchev–Trinajstić information content (AvgIpc) is 3.00. The van der Waals surface area contributed by atoms with Gasteiger partial charge in [-0.15, -0.1) is 0 Å². The van der Waals surface area contributed by atoms with E-state index < -0.39 is 0 Å². The maximum Gasteiger partial charge on any atom is 0.292 e. The van der Waals surface area contributed by atoms with Gasteiger partial charge in [0.25, 0.3) is 5.69 Å². The Bertz CT molecular complexity index is 1460. The SMILES string of the molecule is CC(C)c1ccc2c(c1)CC[C@H]1[C@@](C)(CNc3ccc(-c4ccc(CN5CCOCC5)cc4)cc3[N+](=O)[O-])CCC[C@]21C. The van der Waals surface area contributed by atoms with Crippen LogP contribution in [0.3, 0.4) is 0 Å². The number of nitrogens with one attached hydrogen (secondary N) is 1. The molecule has 6 heteroatoms. The van der Waals surface area contributed by atoms with Crippen molar-refractivity contribution >= 4 is 11.4 Å². The van der Waals surface area contributed by atoms with E-state index in [-0.39, 0.29) is 21.4 Å². The van der Waals surface area contributed by atoms with E-state index in [1.165, 1.54) is 41.5 Å². The third kappa shape index (κ3) is 5.97. The molecule has 6 nitrogen and oxygen atoms in total. The van der Waals surface area contributed by atoms with Gasteiger partial charge in [0.2, 0.25) is 0 Å². The van der Waals surface area contributed by atoms with Crippen LogP contribution in [-0.2, 0) is 23.1 Å². The lowest BCUT2D eigenvalue weighted by Crippen LogP contribution is -2.51. The molecular formula is C37H47N3O3. The van der Waals surface area contributed by atoms with Gasteiger partial charge in [-0.25, -0.2) is 0 Å². The van der Waals surface area contributed by atoms with Crippen LogP contribution in [0.1, 0.15) is 81.5 Å². The lowest BCUT2D eigenvalue weighted by Gasteiger charge is -2.55. The molecule has 2 aliphatic carbocycles. The topological polar surface area (TPSA) is 67.6 Å². The standard InChI is InChI=1S/C37H47N3O3/c1-26(2)29-10-13-32-31(22-29)12-15-35-36(3,16-5-17-37(32,35)4)25-38-33-14-11-30(23-34(33)40(41)42)28-8-6-27(7-9-28)24-39-18-20-43-21-19-39/h6-11,13-14,22-23,26,35,38H,5,12,15-21,24-25H2,1-4H3/t35-,36+,37+/m0/s1. The summed E-state index contributed by atoms with van der Waals surface area (Å²) < 4.78 is 5.46. The van der Waals surface area contributed by atoms with Gasteiger partial charge in [-0.3, -0.25) is 15.0 Å². The maximum absolute atomic E-state index is 12.3. The van der Waals surface area contributed by atoms with Crippen molar-refractivity contribution in [1.29, 1.82) is 0 Å². The molecule has 1 aliphatic heterocycles. The third-order valence-electron chi connectivity index (χ3n) is 10.8. The van der Waals surface area contributed by atoms with Crippen LogP contribution >= 0.6 is 0 Å². The molecule has 0 amide bonds. The van der Waals surface area contributed by atoms with Crippen LogP contribution in [0, 0.1) is 21.4 Å². The van der Waals surface area contributed by atoms with Crippen molar-refractivity contribution < 1.29 is 9.66 Å². The molecule has 3 aliphatic rings. The minimum Gasteiger partial charge on any atom is -0.379 e. The number of fused-ring (bicyclic) bond motifs is 3.